The summed E-state index contributed by atoms with van der Waals surface area (Å²) in [4.78, 5) is 17.5. The lowest BCUT2D eigenvalue weighted by Gasteiger charge is -2.17. The van der Waals surface area contributed by atoms with E-state index in [0.717, 1.165) is 5.56 Å². The van der Waals surface area contributed by atoms with Crippen LogP contribution in [0.25, 0.3) is 0 Å². The first-order valence-corrected chi connectivity index (χ1v) is 5.77. The minimum Gasteiger partial charge on any atom is -0.384 e. The van der Waals surface area contributed by atoms with E-state index in [-0.39, 0.29) is 11.7 Å². The molecule has 0 bridgehead atoms. The average Bonchev–Trinajstić information content (AvgIpc) is 2.38. The van der Waals surface area contributed by atoms with Crippen LogP contribution in [-0.4, -0.2) is 22.8 Å². The van der Waals surface area contributed by atoms with Crippen molar-refractivity contribution in [2.45, 2.75) is 6.54 Å². The highest BCUT2D eigenvalue weighted by molar-refractivity contribution is 5.94. The molecule has 19 heavy (non-hydrogen) atoms. The Kier molecular flexibility index (Phi) is 3.75. The first-order valence-electron chi connectivity index (χ1n) is 5.77. The number of hydrogen-bond donors (Lipinski definition) is 1. The van der Waals surface area contributed by atoms with Crippen molar-refractivity contribution in [1.29, 1.82) is 0 Å². The van der Waals surface area contributed by atoms with Crippen LogP contribution in [0.1, 0.15) is 15.9 Å². The number of halogens is 1. The van der Waals surface area contributed by atoms with E-state index >= 15 is 0 Å². The number of nitrogen functional groups attached to an aromatic ring is 1. The van der Waals surface area contributed by atoms with Crippen molar-refractivity contribution in [3.8, 4) is 0 Å². The Hall–Kier alpha value is -2.43. The normalized spacial score (nSPS) is 10.2. The van der Waals surface area contributed by atoms with Crippen LogP contribution in [0.5, 0.6) is 0 Å². The molecular weight excluding hydrogens is 245 g/mol. The number of benzene rings is 1. The largest absolute Gasteiger partial charge is 0.384 e. The number of nitrogens with zero attached hydrogens (tertiary/aromatic N) is 2. The molecule has 4 nitrogen and oxygen atoms in total. The van der Waals surface area contributed by atoms with Crippen LogP contribution in [0.4, 0.5) is 10.2 Å². The predicted molar refractivity (Wildman–Crippen MR) is 70.8 cm³/mol. The highest BCUT2D eigenvalue weighted by Gasteiger charge is 2.12. The zero-order valence-electron chi connectivity index (χ0n) is 10.5. The second kappa shape index (κ2) is 5.48. The van der Waals surface area contributed by atoms with Crippen molar-refractivity contribution in [2.24, 2.45) is 0 Å². The lowest BCUT2D eigenvalue weighted by Crippen LogP contribution is -2.26. The van der Waals surface area contributed by atoms with Crippen LogP contribution in [-0.2, 0) is 6.54 Å². The van der Waals surface area contributed by atoms with Crippen molar-refractivity contribution in [3.63, 3.8) is 0 Å². The fourth-order valence-electron chi connectivity index (χ4n) is 1.78. The molecule has 0 unspecified atom stereocenters. The second-order valence-electron chi connectivity index (χ2n) is 4.26. The Morgan fingerprint density at radius 3 is 2.84 bits per heavy atom. The molecule has 1 heterocycles. The van der Waals surface area contributed by atoms with Crippen LogP contribution >= 0.6 is 0 Å². The molecule has 2 rings (SSSR count). The molecule has 0 spiro atoms. The van der Waals surface area contributed by atoms with E-state index in [9.17, 15) is 9.18 Å². The Bertz CT molecular complexity index is 601. The summed E-state index contributed by atoms with van der Waals surface area (Å²) in [7, 11) is 1.66. The van der Waals surface area contributed by atoms with Crippen molar-refractivity contribution in [1.82, 2.24) is 9.88 Å². The van der Waals surface area contributed by atoms with Crippen molar-refractivity contribution in [3.05, 3.63) is 59.5 Å². The van der Waals surface area contributed by atoms with E-state index in [4.69, 9.17) is 5.73 Å². The van der Waals surface area contributed by atoms with Gasteiger partial charge in [0.25, 0.3) is 5.91 Å². The number of carbonyl (C=O) groups is 1. The van der Waals surface area contributed by atoms with Crippen molar-refractivity contribution in [2.75, 3.05) is 12.8 Å². The third-order valence-corrected chi connectivity index (χ3v) is 2.68. The molecule has 0 radical (unpaired) electrons. The van der Waals surface area contributed by atoms with E-state index < -0.39 is 0 Å². The zero-order valence-corrected chi connectivity index (χ0v) is 10.5. The lowest BCUT2D eigenvalue weighted by molar-refractivity contribution is 0.0785. The Balaban J connectivity index is 2.12. The molecule has 1 amide bonds. The number of rotatable bonds is 3. The van der Waals surface area contributed by atoms with E-state index in [1.165, 1.54) is 29.3 Å². The molecule has 0 aliphatic heterocycles. The maximum atomic E-state index is 13.1. The van der Waals surface area contributed by atoms with Gasteiger partial charge in [-0.25, -0.2) is 9.37 Å². The van der Waals surface area contributed by atoms with Crippen LogP contribution in [0.2, 0.25) is 0 Å². The molecule has 1 aromatic heterocycles. The molecule has 2 N–H and O–H groups in total. The van der Waals surface area contributed by atoms with Crippen LogP contribution in [0.15, 0.2) is 42.6 Å². The molecule has 2 aromatic rings. The molecule has 0 saturated carbocycles. The van der Waals surface area contributed by atoms with Gasteiger partial charge in [0.05, 0.1) is 0 Å². The number of hydrogen-bond acceptors (Lipinski definition) is 3. The fourth-order valence-corrected chi connectivity index (χ4v) is 1.78. The van der Waals surface area contributed by atoms with Gasteiger partial charge >= 0.3 is 0 Å². The van der Waals surface area contributed by atoms with E-state index in [2.05, 4.69) is 4.98 Å². The summed E-state index contributed by atoms with van der Waals surface area (Å²) >= 11 is 0. The number of amides is 1. The van der Waals surface area contributed by atoms with Crippen LogP contribution in [0, 0.1) is 5.82 Å². The maximum absolute atomic E-state index is 13.1. The minimum atomic E-state index is -0.313. The smallest absolute Gasteiger partial charge is 0.254 e. The number of aromatic nitrogens is 1. The SMILES string of the molecule is CN(Cc1cccc(F)c1)C(=O)c1ccnc(N)c1. The standard InChI is InChI=1S/C14H14FN3O/c1-18(9-10-3-2-4-12(15)7-10)14(19)11-5-6-17-13(16)8-11/h2-8H,9H2,1H3,(H2,16,17). The molecular formula is C14H14FN3O. The quantitative estimate of drug-likeness (QED) is 0.918. The summed E-state index contributed by atoms with van der Waals surface area (Å²) in [6.45, 7) is 0.332. The molecule has 0 fully saturated rings. The summed E-state index contributed by atoms with van der Waals surface area (Å²) in [6.07, 6.45) is 1.48. The van der Waals surface area contributed by atoms with Gasteiger partial charge in [0, 0.05) is 25.4 Å². The fraction of sp³-hybridized carbons (Fsp3) is 0.143. The predicted octanol–water partition coefficient (Wildman–Crippen LogP) is 2.08. The van der Waals surface area contributed by atoms with Gasteiger partial charge in [0.15, 0.2) is 0 Å². The first kappa shape index (κ1) is 13.0. The molecule has 5 heteroatoms. The molecule has 0 aliphatic carbocycles. The van der Waals surface area contributed by atoms with Gasteiger partial charge in [-0.2, -0.15) is 0 Å². The van der Waals surface area contributed by atoms with Gasteiger partial charge in [0.1, 0.15) is 11.6 Å². The average molecular weight is 259 g/mol. The highest BCUT2D eigenvalue weighted by atomic mass is 19.1. The van der Waals surface area contributed by atoms with Gasteiger partial charge in [-0.1, -0.05) is 12.1 Å². The maximum Gasteiger partial charge on any atom is 0.254 e. The summed E-state index contributed by atoms with van der Waals surface area (Å²) in [5.74, 6) is -0.199. The van der Waals surface area contributed by atoms with Crippen LogP contribution in [0.3, 0.4) is 0 Å². The summed E-state index contributed by atoms with van der Waals surface area (Å²) < 4.78 is 13.1. The molecule has 0 aliphatic rings. The van der Waals surface area contributed by atoms with E-state index in [1.54, 1.807) is 25.2 Å². The third-order valence-electron chi connectivity index (χ3n) is 2.68. The van der Waals surface area contributed by atoms with Gasteiger partial charge in [-0.15, -0.1) is 0 Å². The van der Waals surface area contributed by atoms with Gasteiger partial charge in [-0.3, -0.25) is 4.79 Å². The molecule has 1 aromatic carbocycles. The van der Waals surface area contributed by atoms with Gasteiger partial charge < -0.3 is 10.6 Å². The topological polar surface area (TPSA) is 59.2 Å². The van der Waals surface area contributed by atoms with E-state index in [0.29, 0.717) is 17.9 Å². The Morgan fingerprint density at radius 1 is 1.37 bits per heavy atom. The van der Waals surface area contributed by atoms with Crippen molar-refractivity contribution >= 4 is 11.7 Å². The molecule has 0 saturated heterocycles. The third kappa shape index (κ3) is 3.28. The first-order chi connectivity index (χ1) is 9.06. The summed E-state index contributed by atoms with van der Waals surface area (Å²) in [5.41, 5.74) is 6.74. The summed E-state index contributed by atoms with van der Waals surface area (Å²) in [5, 5.41) is 0. The van der Waals surface area contributed by atoms with Crippen LogP contribution < -0.4 is 5.73 Å². The number of nitrogens with two attached hydrogens (primary N) is 1. The van der Waals surface area contributed by atoms with Crippen molar-refractivity contribution < 1.29 is 9.18 Å². The monoisotopic (exact) mass is 259 g/mol. The molecule has 0 atom stereocenters. The Labute approximate surface area is 110 Å². The number of pyridine rings is 1. The summed E-state index contributed by atoms with van der Waals surface area (Å²) in [6, 6.07) is 9.28. The molecule has 98 valence electrons. The Morgan fingerprint density at radius 2 is 2.16 bits per heavy atom. The second-order valence-corrected chi connectivity index (χ2v) is 4.26. The highest BCUT2D eigenvalue weighted by Crippen LogP contribution is 2.10. The lowest BCUT2D eigenvalue weighted by atomic mass is 10.2. The van der Waals surface area contributed by atoms with Gasteiger partial charge in [0.2, 0.25) is 0 Å². The number of carbonyl (C=O) groups excluding carboxylic acids is 1. The van der Waals surface area contributed by atoms with E-state index in [1.807, 2.05) is 0 Å². The minimum absolute atomic E-state index is 0.182. The van der Waals surface area contributed by atoms with Gasteiger partial charge in [-0.05, 0) is 29.8 Å². The number of anilines is 1. The zero-order chi connectivity index (χ0) is 13.8.